The number of hydrogen-bond donors (Lipinski definition) is 1. The Bertz CT molecular complexity index is 1690. The van der Waals surface area contributed by atoms with E-state index in [9.17, 15) is 18.0 Å². The molecule has 0 saturated heterocycles. The second-order valence-electron chi connectivity index (χ2n) is 8.41. The monoisotopic (exact) mass is 481 g/mol. The largest absolute Gasteiger partial charge is 0.419 e. The van der Waals surface area contributed by atoms with Gasteiger partial charge in [0.15, 0.2) is 0 Å². The van der Waals surface area contributed by atoms with Crippen molar-refractivity contribution < 1.29 is 13.2 Å². The number of nitrogens with one attached hydrogen (secondary N) is 1. The zero-order valence-electron chi connectivity index (χ0n) is 19.7. The molecule has 5 rings (SSSR count). The number of alkyl halides is 3. The molecule has 0 saturated carbocycles. The van der Waals surface area contributed by atoms with Gasteiger partial charge in [0.05, 0.1) is 45.4 Å². The lowest BCUT2D eigenvalue weighted by Crippen LogP contribution is -2.21. The summed E-state index contributed by atoms with van der Waals surface area (Å²) in [4.78, 5) is 21.8. The molecule has 0 amide bonds. The number of pyridine rings is 2. The van der Waals surface area contributed by atoms with Gasteiger partial charge in [0, 0.05) is 38.3 Å². The first kappa shape index (κ1) is 22.6. The normalized spacial score (nSPS) is 12.1. The lowest BCUT2D eigenvalue weighted by Gasteiger charge is -2.14. The molecule has 1 N–H and O–H groups in total. The van der Waals surface area contributed by atoms with Crippen LogP contribution >= 0.6 is 0 Å². The van der Waals surface area contributed by atoms with E-state index in [1.807, 2.05) is 13.8 Å². The molecule has 4 aromatic heterocycles. The predicted octanol–water partition coefficient (Wildman–Crippen LogP) is 4.35. The third kappa shape index (κ3) is 3.37. The number of aromatic nitrogens is 6. The van der Waals surface area contributed by atoms with E-state index in [2.05, 4.69) is 20.4 Å². The second-order valence-corrected chi connectivity index (χ2v) is 8.41. The van der Waals surface area contributed by atoms with Crippen molar-refractivity contribution >= 4 is 27.8 Å². The van der Waals surface area contributed by atoms with Gasteiger partial charge < -0.3 is 5.32 Å². The first-order valence-electron chi connectivity index (χ1n) is 10.8. The van der Waals surface area contributed by atoms with Crippen LogP contribution in [0, 0.1) is 13.8 Å². The zero-order valence-corrected chi connectivity index (χ0v) is 19.7. The quantitative estimate of drug-likeness (QED) is 0.414. The molecule has 5 aromatic rings. The minimum absolute atomic E-state index is 0.245. The maximum absolute atomic E-state index is 13.6. The van der Waals surface area contributed by atoms with Crippen LogP contribution in [0.3, 0.4) is 0 Å². The molecule has 180 valence electrons. The number of benzene rings is 1. The number of imidazole rings is 1. The fourth-order valence-electron chi connectivity index (χ4n) is 4.51. The van der Waals surface area contributed by atoms with E-state index in [1.54, 1.807) is 47.7 Å². The van der Waals surface area contributed by atoms with Crippen LogP contribution in [0.15, 0.2) is 41.5 Å². The minimum atomic E-state index is -4.57. The van der Waals surface area contributed by atoms with E-state index in [4.69, 9.17) is 0 Å². The summed E-state index contributed by atoms with van der Waals surface area (Å²) in [6.07, 6.45) is -1.55. The van der Waals surface area contributed by atoms with E-state index in [1.165, 1.54) is 17.8 Å². The van der Waals surface area contributed by atoms with Crippen molar-refractivity contribution in [2.45, 2.75) is 20.0 Å². The molecule has 35 heavy (non-hydrogen) atoms. The maximum Gasteiger partial charge on any atom is 0.419 e. The standard InChI is InChI=1S/C24H22F3N7O/c1-12-20(13(2)33(5)31-12)34-21-16-8-14(6-7-18(16)29-11-19(21)32(4)23(34)35)15-9-17(24(25,26)27)22(28-3)30-10-15/h6-11H,1-5H3,(H,28,30). The average molecular weight is 481 g/mol. The van der Waals surface area contributed by atoms with Crippen molar-refractivity contribution in [3.63, 3.8) is 0 Å². The number of halogens is 3. The highest BCUT2D eigenvalue weighted by Gasteiger charge is 2.34. The van der Waals surface area contributed by atoms with Crippen LogP contribution in [0.2, 0.25) is 0 Å². The fraction of sp³-hybridized carbons (Fsp3) is 0.250. The van der Waals surface area contributed by atoms with Crippen LogP contribution in [0.5, 0.6) is 0 Å². The Morgan fingerprint density at radius 1 is 1.00 bits per heavy atom. The average Bonchev–Trinajstić information content (AvgIpc) is 3.22. The van der Waals surface area contributed by atoms with E-state index in [0.717, 1.165) is 11.8 Å². The number of aryl methyl sites for hydroxylation is 3. The van der Waals surface area contributed by atoms with E-state index in [-0.39, 0.29) is 11.5 Å². The highest BCUT2D eigenvalue weighted by atomic mass is 19.4. The number of anilines is 1. The Morgan fingerprint density at radius 3 is 2.37 bits per heavy atom. The van der Waals surface area contributed by atoms with Crippen molar-refractivity contribution in [2.75, 3.05) is 12.4 Å². The fourth-order valence-corrected chi connectivity index (χ4v) is 4.51. The lowest BCUT2D eigenvalue weighted by molar-refractivity contribution is -0.137. The lowest BCUT2D eigenvalue weighted by atomic mass is 10.0. The Morgan fingerprint density at radius 2 is 1.74 bits per heavy atom. The molecule has 11 heteroatoms. The first-order chi connectivity index (χ1) is 16.5. The summed E-state index contributed by atoms with van der Waals surface area (Å²) in [5, 5.41) is 7.57. The molecule has 0 atom stereocenters. The topological polar surface area (TPSA) is 82.6 Å². The highest BCUT2D eigenvalue weighted by molar-refractivity contribution is 6.04. The SMILES string of the molecule is CNc1ncc(-c2ccc3ncc4c(c3c2)n(-c2c(C)nn(C)c2C)c(=O)n4C)cc1C(F)(F)F. The molecule has 0 aliphatic rings. The molecule has 0 fully saturated rings. The van der Waals surface area contributed by atoms with Crippen LogP contribution in [0.1, 0.15) is 17.0 Å². The van der Waals surface area contributed by atoms with Gasteiger partial charge in [-0.2, -0.15) is 18.3 Å². The van der Waals surface area contributed by atoms with Crippen molar-refractivity contribution in [3.05, 3.63) is 64.1 Å². The zero-order chi connectivity index (χ0) is 25.2. The van der Waals surface area contributed by atoms with Crippen LogP contribution in [0.25, 0.3) is 38.8 Å². The first-order valence-corrected chi connectivity index (χ1v) is 10.8. The van der Waals surface area contributed by atoms with Gasteiger partial charge in [0.25, 0.3) is 0 Å². The Hall–Kier alpha value is -4.15. The van der Waals surface area contributed by atoms with Gasteiger partial charge >= 0.3 is 11.9 Å². The molecule has 8 nitrogen and oxygen atoms in total. The molecule has 0 aliphatic heterocycles. The third-order valence-electron chi connectivity index (χ3n) is 6.34. The molecular formula is C24H22F3N7O. The van der Waals surface area contributed by atoms with Crippen LogP contribution in [-0.4, -0.2) is 35.9 Å². The van der Waals surface area contributed by atoms with E-state index < -0.39 is 11.7 Å². The number of nitrogens with zero attached hydrogens (tertiary/aromatic N) is 6. The summed E-state index contributed by atoms with van der Waals surface area (Å²) >= 11 is 0. The smallest absolute Gasteiger partial charge is 0.373 e. The van der Waals surface area contributed by atoms with Gasteiger partial charge in [-0.1, -0.05) is 6.07 Å². The van der Waals surface area contributed by atoms with Crippen molar-refractivity contribution in [3.8, 4) is 16.8 Å². The number of fused-ring (bicyclic) bond motifs is 3. The number of hydrogen-bond acceptors (Lipinski definition) is 5. The number of rotatable bonds is 3. The van der Waals surface area contributed by atoms with Gasteiger partial charge in [-0.25, -0.2) is 9.78 Å². The summed E-state index contributed by atoms with van der Waals surface area (Å²) in [6, 6.07) is 6.25. The Balaban J connectivity index is 1.84. The third-order valence-corrected chi connectivity index (χ3v) is 6.34. The molecule has 4 heterocycles. The van der Waals surface area contributed by atoms with E-state index in [0.29, 0.717) is 44.4 Å². The van der Waals surface area contributed by atoms with E-state index >= 15 is 0 Å². The van der Waals surface area contributed by atoms with Gasteiger partial charge in [0.2, 0.25) is 0 Å². The molecule has 0 bridgehead atoms. The van der Waals surface area contributed by atoms with Gasteiger partial charge in [-0.15, -0.1) is 0 Å². The maximum atomic E-state index is 13.6. The van der Waals surface area contributed by atoms with Crippen molar-refractivity contribution in [1.82, 2.24) is 28.9 Å². The molecular weight excluding hydrogens is 459 g/mol. The van der Waals surface area contributed by atoms with Gasteiger partial charge in [0.1, 0.15) is 5.82 Å². The summed E-state index contributed by atoms with van der Waals surface area (Å²) in [5.74, 6) is -0.245. The Labute approximate surface area is 197 Å². The van der Waals surface area contributed by atoms with Crippen molar-refractivity contribution in [2.24, 2.45) is 14.1 Å². The van der Waals surface area contributed by atoms with Crippen LogP contribution in [-0.2, 0) is 20.3 Å². The van der Waals surface area contributed by atoms with Gasteiger partial charge in [-0.05, 0) is 37.6 Å². The highest BCUT2D eigenvalue weighted by Crippen LogP contribution is 2.37. The van der Waals surface area contributed by atoms with Crippen LogP contribution < -0.4 is 11.0 Å². The second kappa shape index (κ2) is 7.69. The summed E-state index contributed by atoms with van der Waals surface area (Å²) < 4.78 is 45.7. The molecule has 0 spiro atoms. The Kier molecular flexibility index (Phi) is 4.97. The van der Waals surface area contributed by atoms with Gasteiger partial charge in [-0.3, -0.25) is 18.8 Å². The molecule has 0 radical (unpaired) electrons. The van der Waals surface area contributed by atoms with Crippen molar-refractivity contribution in [1.29, 1.82) is 0 Å². The molecule has 1 aromatic carbocycles. The predicted molar refractivity (Wildman–Crippen MR) is 128 cm³/mol. The summed E-state index contributed by atoms with van der Waals surface area (Å²) in [6.45, 7) is 3.71. The molecule has 0 unspecified atom stereocenters. The molecule has 0 aliphatic carbocycles. The van der Waals surface area contributed by atoms with Crippen LogP contribution in [0.4, 0.5) is 19.0 Å². The summed E-state index contributed by atoms with van der Waals surface area (Å²) in [5.41, 5.74) is 3.67. The summed E-state index contributed by atoms with van der Waals surface area (Å²) in [7, 11) is 4.86. The minimum Gasteiger partial charge on any atom is -0.373 e.